The van der Waals surface area contributed by atoms with E-state index in [1.165, 1.54) is 173 Å². The topological polar surface area (TPSA) is 0 Å². The molecule has 2 fully saturated rings. The van der Waals surface area contributed by atoms with Crippen LogP contribution in [-0.2, 0) is 0 Å². The van der Waals surface area contributed by atoms with Crippen LogP contribution < -0.4 is 0 Å². The van der Waals surface area contributed by atoms with E-state index in [0.29, 0.717) is 23.0 Å². The van der Waals surface area contributed by atoms with Crippen molar-refractivity contribution in [1.82, 2.24) is 0 Å². The molecule has 6 rings (SSSR count). The Hall–Kier alpha value is -2.88. The number of halogens is 4. The summed E-state index contributed by atoms with van der Waals surface area (Å²) in [7, 11) is 0. The number of allylic oxidation sites excluding steroid dienone is 8. The summed E-state index contributed by atoms with van der Waals surface area (Å²) in [5.74, 6) is 1.52. The van der Waals surface area contributed by atoms with Gasteiger partial charge in [-0.05, 0) is 97.3 Å². The second-order valence-corrected chi connectivity index (χ2v) is 18.8. The highest BCUT2D eigenvalue weighted by Gasteiger charge is 2.28. The highest BCUT2D eigenvalue weighted by molar-refractivity contribution is 5.76. The van der Waals surface area contributed by atoms with Gasteiger partial charge in [-0.3, -0.25) is 0 Å². The van der Waals surface area contributed by atoms with Crippen molar-refractivity contribution in [1.29, 1.82) is 0 Å². The van der Waals surface area contributed by atoms with E-state index in [1.54, 1.807) is 24.3 Å². The van der Waals surface area contributed by atoms with Crippen molar-refractivity contribution in [3.63, 3.8) is 0 Å². The van der Waals surface area contributed by atoms with Crippen molar-refractivity contribution in [2.45, 2.75) is 187 Å². The molecule has 0 bridgehead atoms. The maximum absolute atomic E-state index is 14.1. The summed E-state index contributed by atoms with van der Waals surface area (Å²) in [6.07, 6.45) is 49.4. The zero-order chi connectivity index (χ0) is 41.7. The van der Waals surface area contributed by atoms with Gasteiger partial charge in [-0.25, -0.2) is 17.6 Å². The van der Waals surface area contributed by atoms with E-state index < -0.39 is 23.3 Å². The first kappa shape index (κ1) is 47.2. The molecular weight excluding hydrogens is 737 g/mol. The Bertz CT molecular complexity index is 1620. The maximum Gasteiger partial charge on any atom is 0.166 e. The molecular formula is C55H78F4. The van der Waals surface area contributed by atoms with E-state index in [1.807, 2.05) is 12.2 Å². The zero-order valence-corrected chi connectivity index (χ0v) is 37.0. The molecule has 4 aliphatic carbocycles. The minimum absolute atomic E-state index is 0.387. The predicted octanol–water partition coefficient (Wildman–Crippen LogP) is 18.1. The van der Waals surface area contributed by atoms with E-state index in [9.17, 15) is 17.6 Å². The van der Waals surface area contributed by atoms with Gasteiger partial charge >= 0.3 is 0 Å². The van der Waals surface area contributed by atoms with Crippen LogP contribution in [0.5, 0.6) is 0 Å². The average Bonchev–Trinajstić information content (AvgIpc) is 3.27. The monoisotopic (exact) mass is 815 g/mol. The van der Waals surface area contributed by atoms with E-state index >= 15 is 0 Å². The first-order chi connectivity index (χ1) is 28.9. The highest BCUT2D eigenvalue weighted by atomic mass is 19.2. The van der Waals surface area contributed by atoms with E-state index in [2.05, 4.69) is 38.2 Å². The minimum atomic E-state index is -0.766. The molecule has 0 aliphatic heterocycles. The Morgan fingerprint density at radius 1 is 0.441 bits per heavy atom. The molecule has 0 saturated heterocycles. The molecule has 0 heterocycles. The van der Waals surface area contributed by atoms with Gasteiger partial charge in [0.2, 0.25) is 0 Å². The van der Waals surface area contributed by atoms with Crippen molar-refractivity contribution in [3.05, 3.63) is 107 Å². The lowest BCUT2D eigenvalue weighted by Gasteiger charge is -2.33. The number of rotatable bonds is 21. The molecule has 2 unspecified atom stereocenters. The van der Waals surface area contributed by atoms with Gasteiger partial charge in [0.05, 0.1) is 0 Å². The quantitative estimate of drug-likeness (QED) is 0.0870. The molecule has 0 radical (unpaired) electrons. The van der Waals surface area contributed by atoms with Gasteiger partial charge in [-0.15, -0.1) is 0 Å². The van der Waals surface area contributed by atoms with E-state index in [4.69, 9.17) is 0 Å². The van der Waals surface area contributed by atoms with Crippen LogP contribution in [0, 0.1) is 58.8 Å². The van der Waals surface area contributed by atoms with E-state index in [0.717, 1.165) is 47.7 Å². The molecule has 4 aliphatic rings. The third-order valence-electron chi connectivity index (χ3n) is 14.5. The molecule has 2 aromatic rings. The highest BCUT2D eigenvalue weighted by Crippen LogP contribution is 2.41. The third-order valence-corrected chi connectivity index (χ3v) is 14.5. The van der Waals surface area contributed by atoms with Crippen LogP contribution in [0.4, 0.5) is 17.6 Å². The van der Waals surface area contributed by atoms with Crippen molar-refractivity contribution in [2.24, 2.45) is 35.5 Å². The second-order valence-electron chi connectivity index (χ2n) is 18.8. The standard InChI is InChI=1S/C28H40F2.C27H38F2/c1-2-3-4-5-6-7-8-9-11-22-14-16-23(17-15-22)24-18-20-25(21-19-24)26-12-10-13-27(29)28(26)30;1-2-3-4-5-6-7-8-10-21-13-15-22(16-14-21)23-17-19-24(20-18-23)25-11-9-12-26(28)27(25)29/h10,12-13,18,20-24H,2-9,11,14-17,19H2,1H3;9,11-12,17,19-23H,2-8,10,13-16,18H2,1H3. The number of hydrogen-bond acceptors (Lipinski definition) is 0. The molecule has 2 atom stereocenters. The fraction of sp³-hybridized carbons (Fsp3) is 0.636. The normalized spacial score (nSPS) is 24.3. The lowest BCUT2D eigenvalue weighted by atomic mass is 9.72. The fourth-order valence-corrected chi connectivity index (χ4v) is 10.6. The summed E-state index contributed by atoms with van der Waals surface area (Å²) in [4.78, 5) is 0. The summed E-state index contributed by atoms with van der Waals surface area (Å²) in [6, 6.07) is 8.87. The molecule has 326 valence electrons. The summed E-state index contributed by atoms with van der Waals surface area (Å²) in [5.41, 5.74) is 2.43. The molecule has 0 N–H and O–H groups in total. The minimum Gasteiger partial charge on any atom is -0.204 e. The number of hydrogen-bond donors (Lipinski definition) is 0. The number of benzene rings is 2. The Kier molecular flexibility index (Phi) is 21.2. The first-order valence-electron chi connectivity index (χ1n) is 24.5. The molecule has 0 nitrogen and oxygen atoms in total. The molecule has 2 saturated carbocycles. The lowest BCUT2D eigenvalue weighted by molar-refractivity contribution is 0.218. The van der Waals surface area contributed by atoms with Crippen LogP contribution >= 0.6 is 0 Å². The summed E-state index contributed by atoms with van der Waals surface area (Å²) in [6.45, 7) is 4.56. The van der Waals surface area contributed by atoms with Crippen LogP contribution in [0.15, 0.2) is 72.9 Å². The Morgan fingerprint density at radius 2 is 0.797 bits per heavy atom. The van der Waals surface area contributed by atoms with Crippen molar-refractivity contribution >= 4 is 11.1 Å². The van der Waals surface area contributed by atoms with Crippen LogP contribution in [0.25, 0.3) is 11.1 Å². The largest absolute Gasteiger partial charge is 0.204 e. The zero-order valence-electron chi connectivity index (χ0n) is 37.0. The maximum atomic E-state index is 14.1. The smallest absolute Gasteiger partial charge is 0.166 e. The lowest BCUT2D eigenvalue weighted by Crippen LogP contribution is -2.21. The summed E-state index contributed by atoms with van der Waals surface area (Å²) >= 11 is 0. The van der Waals surface area contributed by atoms with Crippen LogP contribution in [0.1, 0.15) is 198 Å². The molecule has 0 spiro atoms. The Morgan fingerprint density at radius 3 is 1.14 bits per heavy atom. The van der Waals surface area contributed by atoms with Gasteiger partial charge in [-0.2, -0.15) is 0 Å². The van der Waals surface area contributed by atoms with Crippen molar-refractivity contribution in [3.8, 4) is 0 Å². The first-order valence-corrected chi connectivity index (χ1v) is 24.5. The Balaban J connectivity index is 0.000000224. The average molecular weight is 815 g/mol. The molecule has 0 amide bonds. The third kappa shape index (κ3) is 15.5. The molecule has 59 heavy (non-hydrogen) atoms. The number of unbranched alkanes of at least 4 members (excludes halogenated alkanes) is 13. The van der Waals surface area contributed by atoms with Crippen LogP contribution in [0.2, 0.25) is 0 Å². The predicted molar refractivity (Wildman–Crippen MR) is 244 cm³/mol. The van der Waals surface area contributed by atoms with Gasteiger partial charge in [0.1, 0.15) is 0 Å². The van der Waals surface area contributed by atoms with Gasteiger partial charge in [0.25, 0.3) is 0 Å². The fourth-order valence-electron chi connectivity index (χ4n) is 10.6. The van der Waals surface area contributed by atoms with Gasteiger partial charge in [0.15, 0.2) is 23.3 Å². The van der Waals surface area contributed by atoms with Gasteiger partial charge < -0.3 is 0 Å². The summed E-state index contributed by atoms with van der Waals surface area (Å²) < 4.78 is 55.1. The van der Waals surface area contributed by atoms with Gasteiger partial charge in [-0.1, -0.05) is 209 Å². The SMILES string of the molecule is CCCCCCCCCC1CCC(C2C=CC(c3cccc(F)c3F)=CC2)CC1.CCCCCCCCCCC1CCC(C2C=CC(c3cccc(F)c3F)=CC2)CC1. The van der Waals surface area contributed by atoms with Crippen molar-refractivity contribution in [2.75, 3.05) is 0 Å². The summed E-state index contributed by atoms with van der Waals surface area (Å²) in [5, 5.41) is 0. The molecule has 4 heteroatoms. The molecule has 2 aromatic carbocycles. The molecule has 0 aromatic heterocycles. The van der Waals surface area contributed by atoms with Crippen LogP contribution in [-0.4, -0.2) is 0 Å². The van der Waals surface area contributed by atoms with Crippen LogP contribution in [0.3, 0.4) is 0 Å². The Labute approximate surface area is 357 Å². The second kappa shape index (κ2) is 26.5. The van der Waals surface area contributed by atoms with Gasteiger partial charge in [0, 0.05) is 11.1 Å². The van der Waals surface area contributed by atoms with E-state index in [-0.39, 0.29) is 0 Å². The van der Waals surface area contributed by atoms with Crippen molar-refractivity contribution < 1.29 is 17.6 Å².